The Morgan fingerprint density at radius 2 is 1.14 bits per heavy atom. The molecule has 0 heterocycles. The van der Waals surface area contributed by atoms with Crippen LogP contribution in [0.1, 0.15) is 130 Å². The minimum Gasteiger partial charge on any atom is -0.0999 e. The van der Waals surface area contributed by atoms with Gasteiger partial charge in [-0.15, -0.1) is 0 Å². The van der Waals surface area contributed by atoms with Gasteiger partial charge in [0.25, 0.3) is 0 Å². The van der Waals surface area contributed by atoms with E-state index in [1.807, 2.05) is 55.4 Å². The van der Waals surface area contributed by atoms with Crippen LogP contribution in [0.25, 0.3) is 0 Å². The molecule has 0 spiro atoms. The van der Waals surface area contributed by atoms with Crippen molar-refractivity contribution in [3.05, 3.63) is 36.0 Å². The molecule has 0 aliphatic heterocycles. The monoisotopic (exact) mass is 398 g/mol. The highest BCUT2D eigenvalue weighted by atomic mass is 14.1. The average Bonchev–Trinajstić information content (AvgIpc) is 2.67. The summed E-state index contributed by atoms with van der Waals surface area (Å²) in [7, 11) is 0. The fourth-order valence-corrected chi connectivity index (χ4v) is 1.87. The van der Waals surface area contributed by atoms with E-state index in [0.717, 1.165) is 18.3 Å². The van der Waals surface area contributed by atoms with E-state index in [0.29, 0.717) is 5.92 Å². The Morgan fingerprint density at radius 1 is 0.786 bits per heavy atom. The van der Waals surface area contributed by atoms with Crippen molar-refractivity contribution in [3.63, 3.8) is 0 Å². The summed E-state index contributed by atoms with van der Waals surface area (Å²) in [5.41, 5.74) is 2.78. The molecule has 0 aromatic carbocycles. The van der Waals surface area contributed by atoms with Gasteiger partial charge in [0.15, 0.2) is 0 Å². The summed E-state index contributed by atoms with van der Waals surface area (Å²) in [6, 6.07) is 0. The molecule has 0 amide bonds. The fraction of sp³-hybridized carbons (Fsp3) is 0.786. The van der Waals surface area contributed by atoms with Crippen LogP contribution in [-0.4, -0.2) is 0 Å². The first-order valence-electron chi connectivity index (χ1n) is 12.2. The first-order chi connectivity index (χ1) is 13.2. The third kappa shape index (κ3) is 56.2. The van der Waals surface area contributed by atoms with Crippen molar-refractivity contribution in [1.29, 1.82) is 0 Å². The lowest BCUT2D eigenvalue weighted by molar-refractivity contribution is 0.451. The highest BCUT2D eigenvalue weighted by Gasteiger charge is 2.09. The lowest BCUT2D eigenvalue weighted by atomic mass is 9.89. The molecule has 174 valence electrons. The Morgan fingerprint density at radius 3 is 1.43 bits per heavy atom. The summed E-state index contributed by atoms with van der Waals surface area (Å²) in [5.74, 6) is 2.23. The Balaban J connectivity index is -0.0000000841. The third-order valence-corrected chi connectivity index (χ3v) is 3.02. The third-order valence-electron chi connectivity index (χ3n) is 3.02. The van der Waals surface area contributed by atoms with Gasteiger partial charge in [0.1, 0.15) is 0 Å². The summed E-state index contributed by atoms with van der Waals surface area (Å²) in [6.45, 7) is 37.6. The van der Waals surface area contributed by atoms with Crippen molar-refractivity contribution in [2.75, 3.05) is 0 Å². The molecule has 0 aromatic heterocycles. The quantitative estimate of drug-likeness (QED) is 0.295. The number of hydrogen-bond acceptors (Lipinski definition) is 0. The van der Waals surface area contributed by atoms with Gasteiger partial charge in [0.2, 0.25) is 0 Å². The Bertz CT molecular complexity index is 288. The van der Waals surface area contributed by atoms with Crippen LogP contribution in [0.4, 0.5) is 0 Å². The summed E-state index contributed by atoms with van der Waals surface area (Å²) in [6.07, 6.45) is 10.2. The van der Waals surface area contributed by atoms with E-state index in [2.05, 4.69) is 80.2 Å². The predicted octanol–water partition coefficient (Wildman–Crippen LogP) is 11.3. The van der Waals surface area contributed by atoms with Crippen molar-refractivity contribution in [1.82, 2.24) is 0 Å². The number of allylic oxidation sites excluding steroid dienone is 5. The molecule has 0 bridgehead atoms. The van der Waals surface area contributed by atoms with Gasteiger partial charge in [-0.05, 0) is 50.9 Å². The maximum atomic E-state index is 4.02. The molecule has 0 saturated heterocycles. The van der Waals surface area contributed by atoms with Gasteiger partial charge in [-0.25, -0.2) is 0 Å². The Labute approximate surface area is 184 Å². The highest BCUT2D eigenvalue weighted by Crippen LogP contribution is 2.22. The first kappa shape index (κ1) is 41.6. The summed E-state index contributed by atoms with van der Waals surface area (Å²) in [5, 5.41) is 0. The van der Waals surface area contributed by atoms with Gasteiger partial charge < -0.3 is 0 Å². The molecular formula is C28H62. The van der Waals surface area contributed by atoms with E-state index < -0.39 is 0 Å². The molecule has 0 radical (unpaired) electrons. The standard InChI is InChI=1S/C16H28.C4H10.4C2H6/c1-7-8-9-10-14(4)11-15(5)12-16(6)13(2)3;1-4(2)3;4*1-2/h8-10,15-16H,2,7,11-12H2,1,3-6H3;4H,1-3H3;4*1-2H3/b9-8-,14-10+;;;;;. The van der Waals surface area contributed by atoms with Gasteiger partial charge in [0, 0.05) is 0 Å². The van der Waals surface area contributed by atoms with Crippen LogP contribution in [0, 0.1) is 17.8 Å². The molecule has 2 atom stereocenters. The van der Waals surface area contributed by atoms with E-state index in [-0.39, 0.29) is 0 Å². The molecule has 0 nitrogen and oxygen atoms in total. The van der Waals surface area contributed by atoms with E-state index in [1.165, 1.54) is 24.0 Å². The van der Waals surface area contributed by atoms with E-state index in [4.69, 9.17) is 0 Å². The maximum absolute atomic E-state index is 4.02. The molecular weight excluding hydrogens is 336 g/mol. The fourth-order valence-electron chi connectivity index (χ4n) is 1.87. The molecule has 0 aliphatic rings. The van der Waals surface area contributed by atoms with Crippen LogP contribution in [0.5, 0.6) is 0 Å². The molecule has 0 aliphatic carbocycles. The van der Waals surface area contributed by atoms with Crippen molar-refractivity contribution in [2.24, 2.45) is 17.8 Å². The van der Waals surface area contributed by atoms with Crippen molar-refractivity contribution >= 4 is 0 Å². The number of rotatable bonds is 7. The average molecular weight is 399 g/mol. The maximum Gasteiger partial charge on any atom is -0.0234 e. The normalized spacial score (nSPS) is 11.5. The molecule has 28 heavy (non-hydrogen) atoms. The second-order valence-corrected chi connectivity index (χ2v) is 6.87. The molecule has 0 aromatic rings. The molecule has 0 saturated carbocycles. The van der Waals surface area contributed by atoms with Crippen LogP contribution in [0.3, 0.4) is 0 Å². The summed E-state index contributed by atoms with van der Waals surface area (Å²) in [4.78, 5) is 0. The Kier molecular flexibility index (Phi) is 60.5. The van der Waals surface area contributed by atoms with E-state index >= 15 is 0 Å². The van der Waals surface area contributed by atoms with Crippen LogP contribution >= 0.6 is 0 Å². The molecule has 0 fully saturated rings. The molecule has 0 N–H and O–H groups in total. The van der Waals surface area contributed by atoms with Crippen molar-refractivity contribution in [3.8, 4) is 0 Å². The zero-order chi connectivity index (χ0) is 24.1. The van der Waals surface area contributed by atoms with E-state index in [1.54, 1.807) is 0 Å². The SMILES string of the molecule is C=C(C)C(C)CC(C)C/C(C)=C/C=C\CC.CC.CC.CC.CC.CC(C)C. The van der Waals surface area contributed by atoms with Gasteiger partial charge in [-0.1, -0.05) is 133 Å². The van der Waals surface area contributed by atoms with Gasteiger partial charge in [0.05, 0.1) is 0 Å². The summed E-state index contributed by atoms with van der Waals surface area (Å²) >= 11 is 0. The largest absolute Gasteiger partial charge is 0.0999 e. The van der Waals surface area contributed by atoms with Crippen LogP contribution < -0.4 is 0 Å². The van der Waals surface area contributed by atoms with Gasteiger partial charge in [-0.3, -0.25) is 0 Å². The van der Waals surface area contributed by atoms with Crippen LogP contribution in [-0.2, 0) is 0 Å². The van der Waals surface area contributed by atoms with Crippen LogP contribution in [0.2, 0.25) is 0 Å². The predicted molar refractivity (Wildman–Crippen MR) is 141 cm³/mol. The smallest absolute Gasteiger partial charge is 0.0234 e. The van der Waals surface area contributed by atoms with Gasteiger partial charge >= 0.3 is 0 Å². The minimum atomic E-state index is 0.647. The zero-order valence-corrected chi connectivity index (χ0v) is 23.3. The second kappa shape index (κ2) is 40.8. The second-order valence-electron chi connectivity index (χ2n) is 6.87. The number of hydrogen-bond donors (Lipinski definition) is 0. The minimum absolute atomic E-state index is 0.647. The molecule has 0 heteroatoms. The summed E-state index contributed by atoms with van der Waals surface area (Å²) < 4.78 is 0. The van der Waals surface area contributed by atoms with Gasteiger partial charge in [-0.2, -0.15) is 0 Å². The first-order valence-corrected chi connectivity index (χ1v) is 12.2. The Hall–Kier alpha value is -0.780. The van der Waals surface area contributed by atoms with Crippen molar-refractivity contribution < 1.29 is 0 Å². The zero-order valence-electron chi connectivity index (χ0n) is 23.3. The highest BCUT2D eigenvalue weighted by molar-refractivity contribution is 5.10. The lowest BCUT2D eigenvalue weighted by Crippen LogP contribution is -2.04. The van der Waals surface area contributed by atoms with Crippen LogP contribution in [0.15, 0.2) is 36.0 Å². The molecule has 0 rings (SSSR count). The van der Waals surface area contributed by atoms with E-state index in [9.17, 15) is 0 Å². The lowest BCUT2D eigenvalue weighted by Gasteiger charge is -2.17. The van der Waals surface area contributed by atoms with Crippen molar-refractivity contribution in [2.45, 2.75) is 130 Å². The topological polar surface area (TPSA) is 0 Å². The molecule has 2 unspecified atom stereocenters.